The highest BCUT2D eigenvalue weighted by atomic mass is 16.5. The second kappa shape index (κ2) is 8.19. The van der Waals surface area contributed by atoms with E-state index in [1.165, 1.54) is 0 Å². The first-order chi connectivity index (χ1) is 11.9. The number of para-hydroxylation sites is 1. The van der Waals surface area contributed by atoms with Crippen LogP contribution in [0.1, 0.15) is 29.8 Å². The summed E-state index contributed by atoms with van der Waals surface area (Å²) in [6, 6.07) is 12.0. The summed E-state index contributed by atoms with van der Waals surface area (Å²) in [7, 11) is 0. The minimum atomic E-state index is -1.04. The Morgan fingerprint density at radius 1 is 1.16 bits per heavy atom. The molecule has 0 radical (unpaired) electrons. The van der Waals surface area contributed by atoms with E-state index in [4.69, 9.17) is 14.6 Å². The third-order valence-electron chi connectivity index (χ3n) is 3.30. The first-order valence-corrected chi connectivity index (χ1v) is 7.89. The van der Waals surface area contributed by atoms with Crippen molar-refractivity contribution >= 4 is 17.6 Å². The van der Waals surface area contributed by atoms with Gasteiger partial charge >= 0.3 is 5.97 Å². The average molecular weight is 343 g/mol. The van der Waals surface area contributed by atoms with Crippen molar-refractivity contribution in [1.82, 2.24) is 0 Å². The van der Waals surface area contributed by atoms with Crippen LogP contribution in [0, 0.1) is 6.92 Å². The molecule has 0 bridgehead atoms. The highest BCUT2D eigenvalue weighted by molar-refractivity contribution is 6.06. The van der Waals surface area contributed by atoms with Crippen molar-refractivity contribution in [3.05, 3.63) is 53.6 Å². The Labute approximate surface area is 146 Å². The molecule has 132 valence electrons. The molecule has 2 aromatic rings. The van der Waals surface area contributed by atoms with Crippen molar-refractivity contribution in [2.45, 2.75) is 26.9 Å². The summed E-state index contributed by atoms with van der Waals surface area (Å²) in [5.41, 5.74) is 1.83. The van der Waals surface area contributed by atoms with Crippen molar-refractivity contribution in [3.63, 3.8) is 0 Å². The topological polar surface area (TPSA) is 84.9 Å². The van der Waals surface area contributed by atoms with Gasteiger partial charge in [-0.25, -0.2) is 4.79 Å². The van der Waals surface area contributed by atoms with Crippen LogP contribution in [0.3, 0.4) is 0 Å². The summed E-state index contributed by atoms with van der Waals surface area (Å²) in [6.45, 7) is 5.19. The molecule has 2 rings (SSSR count). The van der Waals surface area contributed by atoms with Gasteiger partial charge in [-0.15, -0.1) is 0 Å². The molecule has 0 aliphatic rings. The van der Waals surface area contributed by atoms with Crippen molar-refractivity contribution in [2.75, 3.05) is 11.9 Å². The van der Waals surface area contributed by atoms with E-state index in [2.05, 4.69) is 5.32 Å². The lowest BCUT2D eigenvalue weighted by Crippen LogP contribution is -2.16. The highest BCUT2D eigenvalue weighted by Gasteiger charge is 2.14. The minimum absolute atomic E-state index is 0.0404. The van der Waals surface area contributed by atoms with E-state index in [-0.39, 0.29) is 12.0 Å². The fourth-order valence-electron chi connectivity index (χ4n) is 2.21. The fraction of sp³-hybridized carbons (Fsp3) is 0.263. The lowest BCUT2D eigenvalue weighted by molar-refractivity contribution is -0.139. The minimum Gasteiger partial charge on any atom is -0.490 e. The van der Waals surface area contributed by atoms with Crippen molar-refractivity contribution < 1.29 is 24.2 Å². The number of benzene rings is 2. The van der Waals surface area contributed by atoms with E-state index in [1.807, 2.05) is 19.9 Å². The Morgan fingerprint density at radius 2 is 1.88 bits per heavy atom. The molecular formula is C19H21NO5. The first kappa shape index (κ1) is 18.3. The van der Waals surface area contributed by atoms with E-state index in [0.29, 0.717) is 22.7 Å². The maximum Gasteiger partial charge on any atom is 0.341 e. The van der Waals surface area contributed by atoms with Gasteiger partial charge in [0.2, 0.25) is 0 Å². The molecule has 0 fully saturated rings. The van der Waals surface area contributed by atoms with E-state index in [1.54, 1.807) is 43.3 Å². The van der Waals surface area contributed by atoms with Gasteiger partial charge in [-0.1, -0.05) is 12.1 Å². The number of carbonyl (C=O) groups excluding carboxylic acids is 1. The van der Waals surface area contributed by atoms with Crippen LogP contribution < -0.4 is 14.8 Å². The number of aryl methyl sites for hydroxylation is 1. The summed E-state index contributed by atoms with van der Waals surface area (Å²) in [4.78, 5) is 23.1. The monoisotopic (exact) mass is 343 g/mol. The Balaban J connectivity index is 2.14. The maximum atomic E-state index is 12.6. The third-order valence-corrected chi connectivity index (χ3v) is 3.30. The average Bonchev–Trinajstić information content (AvgIpc) is 2.55. The number of nitrogens with one attached hydrogen (secondary N) is 1. The SMILES string of the molecule is Cc1cc(OCC(=O)O)ccc1NC(=O)c1ccccc1OC(C)C. The summed E-state index contributed by atoms with van der Waals surface area (Å²) < 4.78 is 10.8. The summed E-state index contributed by atoms with van der Waals surface area (Å²) >= 11 is 0. The van der Waals surface area contributed by atoms with Crippen LogP contribution >= 0.6 is 0 Å². The van der Waals surface area contributed by atoms with Crippen molar-refractivity contribution in [2.24, 2.45) is 0 Å². The lowest BCUT2D eigenvalue weighted by Gasteiger charge is -2.15. The smallest absolute Gasteiger partial charge is 0.341 e. The normalized spacial score (nSPS) is 10.4. The molecule has 0 aromatic heterocycles. The quantitative estimate of drug-likeness (QED) is 0.804. The molecule has 2 N–H and O–H groups in total. The zero-order valence-corrected chi connectivity index (χ0v) is 14.4. The number of hydrogen-bond acceptors (Lipinski definition) is 4. The number of aliphatic carboxylic acids is 1. The van der Waals surface area contributed by atoms with Crippen molar-refractivity contribution in [1.29, 1.82) is 0 Å². The predicted molar refractivity (Wildman–Crippen MR) is 94.5 cm³/mol. The number of rotatable bonds is 7. The van der Waals surface area contributed by atoms with Gasteiger partial charge in [-0.2, -0.15) is 0 Å². The van der Waals surface area contributed by atoms with Gasteiger partial charge in [0.15, 0.2) is 6.61 Å². The molecule has 1 amide bonds. The standard InChI is InChI=1S/C19H21NO5/c1-12(2)25-17-7-5-4-6-15(17)19(23)20-16-9-8-14(10-13(16)3)24-11-18(21)22/h4-10,12H,11H2,1-3H3,(H,20,23)(H,21,22). The second-order valence-electron chi connectivity index (χ2n) is 5.78. The van der Waals surface area contributed by atoms with Crippen LogP contribution in [-0.2, 0) is 4.79 Å². The van der Waals surface area contributed by atoms with Gasteiger partial charge in [-0.3, -0.25) is 4.79 Å². The molecule has 6 heteroatoms. The molecule has 0 unspecified atom stereocenters. The summed E-state index contributed by atoms with van der Waals surface area (Å²) in [6.07, 6.45) is -0.0404. The molecular weight excluding hydrogens is 322 g/mol. The molecule has 25 heavy (non-hydrogen) atoms. The van der Waals surface area contributed by atoms with Crippen LogP contribution in [0.2, 0.25) is 0 Å². The molecule has 0 spiro atoms. The van der Waals surface area contributed by atoms with E-state index in [0.717, 1.165) is 5.56 Å². The Morgan fingerprint density at radius 3 is 2.52 bits per heavy atom. The molecule has 0 aliphatic carbocycles. The van der Waals surface area contributed by atoms with Crippen LogP contribution in [0.5, 0.6) is 11.5 Å². The molecule has 0 aliphatic heterocycles. The van der Waals surface area contributed by atoms with Crippen molar-refractivity contribution in [3.8, 4) is 11.5 Å². The van der Waals surface area contributed by atoms with Crippen LogP contribution in [0.15, 0.2) is 42.5 Å². The largest absolute Gasteiger partial charge is 0.490 e. The van der Waals surface area contributed by atoms with E-state index in [9.17, 15) is 9.59 Å². The fourth-order valence-corrected chi connectivity index (χ4v) is 2.21. The molecule has 0 atom stereocenters. The third kappa shape index (κ3) is 5.24. The van der Waals surface area contributed by atoms with Gasteiger partial charge < -0.3 is 19.9 Å². The first-order valence-electron chi connectivity index (χ1n) is 7.89. The van der Waals surface area contributed by atoms with Gasteiger partial charge in [0.1, 0.15) is 11.5 Å². The number of hydrogen-bond donors (Lipinski definition) is 2. The number of carbonyl (C=O) groups is 2. The highest BCUT2D eigenvalue weighted by Crippen LogP contribution is 2.24. The number of carboxylic acid groups (broad SMARTS) is 1. The number of anilines is 1. The second-order valence-corrected chi connectivity index (χ2v) is 5.78. The van der Waals surface area contributed by atoms with E-state index < -0.39 is 12.6 Å². The number of amides is 1. The molecule has 0 saturated heterocycles. The molecule has 0 heterocycles. The molecule has 0 saturated carbocycles. The Hall–Kier alpha value is -3.02. The number of carboxylic acids is 1. The maximum absolute atomic E-state index is 12.6. The molecule has 6 nitrogen and oxygen atoms in total. The Kier molecular flexibility index (Phi) is 6.00. The van der Waals surface area contributed by atoms with Crippen LogP contribution in [-0.4, -0.2) is 29.7 Å². The van der Waals surface area contributed by atoms with E-state index >= 15 is 0 Å². The predicted octanol–water partition coefficient (Wildman–Crippen LogP) is 3.50. The van der Waals surface area contributed by atoms with Crippen LogP contribution in [0.4, 0.5) is 5.69 Å². The van der Waals surface area contributed by atoms with Crippen LogP contribution in [0.25, 0.3) is 0 Å². The van der Waals surface area contributed by atoms with Gasteiger partial charge in [-0.05, 0) is 56.7 Å². The zero-order chi connectivity index (χ0) is 18.4. The number of ether oxygens (including phenoxy) is 2. The van der Waals surface area contributed by atoms with Gasteiger partial charge in [0.25, 0.3) is 5.91 Å². The lowest BCUT2D eigenvalue weighted by atomic mass is 10.1. The zero-order valence-electron chi connectivity index (χ0n) is 14.4. The van der Waals surface area contributed by atoms with Gasteiger partial charge in [0, 0.05) is 5.69 Å². The van der Waals surface area contributed by atoms with Gasteiger partial charge in [0.05, 0.1) is 11.7 Å². The molecule has 2 aromatic carbocycles. The summed E-state index contributed by atoms with van der Waals surface area (Å²) in [5.74, 6) is -0.370. The Bertz CT molecular complexity index is 770. The summed E-state index contributed by atoms with van der Waals surface area (Å²) in [5, 5.41) is 11.5.